The second-order valence-electron chi connectivity index (χ2n) is 6.05. The highest BCUT2D eigenvalue weighted by atomic mass is 16.2. The largest absolute Gasteiger partial charge is 0.361 e. The minimum atomic E-state index is -0.109. The Morgan fingerprint density at radius 1 is 1.27 bits per heavy atom. The quantitative estimate of drug-likeness (QED) is 0.699. The van der Waals surface area contributed by atoms with Crippen LogP contribution in [0.1, 0.15) is 37.7 Å². The van der Waals surface area contributed by atoms with E-state index in [1.165, 1.54) is 24.8 Å². The summed E-state index contributed by atoms with van der Waals surface area (Å²) in [4.78, 5) is 15.4. The molecule has 2 aromatic rings. The summed E-state index contributed by atoms with van der Waals surface area (Å²) in [5, 5.41) is 7.14. The standard InChI is InChI=1S/C17H24N4O/c18-9-8-12-11-19-16-7-6-14(10-15(12)16)21-17(22)20-13-4-2-1-3-5-13/h6-7,10-11,13,19H,1-5,8-9,18H2,(H2,20,21,22). The van der Waals surface area contributed by atoms with Crippen molar-refractivity contribution in [3.05, 3.63) is 30.0 Å². The summed E-state index contributed by atoms with van der Waals surface area (Å²) in [6.07, 6.45) is 8.70. The van der Waals surface area contributed by atoms with E-state index < -0.39 is 0 Å². The molecule has 5 N–H and O–H groups in total. The molecule has 2 amide bonds. The van der Waals surface area contributed by atoms with Crippen molar-refractivity contribution in [3.63, 3.8) is 0 Å². The average molecular weight is 300 g/mol. The first kappa shape index (κ1) is 14.9. The number of nitrogens with two attached hydrogens (primary N) is 1. The molecule has 118 valence electrons. The number of rotatable bonds is 4. The van der Waals surface area contributed by atoms with E-state index >= 15 is 0 Å². The van der Waals surface area contributed by atoms with Gasteiger partial charge in [0.2, 0.25) is 0 Å². The van der Waals surface area contributed by atoms with Crippen molar-refractivity contribution in [3.8, 4) is 0 Å². The summed E-state index contributed by atoms with van der Waals surface area (Å²) in [5.74, 6) is 0. The van der Waals surface area contributed by atoms with Gasteiger partial charge in [0.1, 0.15) is 0 Å². The van der Waals surface area contributed by atoms with Gasteiger partial charge in [-0.25, -0.2) is 4.79 Å². The molecule has 0 bridgehead atoms. The number of fused-ring (bicyclic) bond motifs is 1. The van der Waals surface area contributed by atoms with E-state index in [1.54, 1.807) is 0 Å². The van der Waals surface area contributed by atoms with E-state index in [9.17, 15) is 4.79 Å². The molecule has 0 unspecified atom stereocenters. The number of H-pyrrole nitrogens is 1. The Morgan fingerprint density at radius 3 is 2.86 bits per heavy atom. The normalized spacial score (nSPS) is 15.9. The maximum atomic E-state index is 12.1. The lowest BCUT2D eigenvalue weighted by Gasteiger charge is -2.22. The maximum absolute atomic E-state index is 12.1. The Hall–Kier alpha value is -2.01. The third kappa shape index (κ3) is 3.42. The fourth-order valence-electron chi connectivity index (χ4n) is 3.22. The van der Waals surface area contributed by atoms with E-state index in [2.05, 4.69) is 15.6 Å². The fraction of sp³-hybridized carbons (Fsp3) is 0.471. The van der Waals surface area contributed by atoms with Crippen LogP contribution in [0.3, 0.4) is 0 Å². The molecule has 1 fully saturated rings. The topological polar surface area (TPSA) is 82.9 Å². The third-order valence-corrected chi connectivity index (χ3v) is 4.38. The zero-order valence-corrected chi connectivity index (χ0v) is 12.8. The van der Waals surface area contributed by atoms with E-state index in [-0.39, 0.29) is 6.03 Å². The van der Waals surface area contributed by atoms with Crippen LogP contribution in [0.4, 0.5) is 10.5 Å². The zero-order valence-electron chi connectivity index (χ0n) is 12.8. The summed E-state index contributed by atoms with van der Waals surface area (Å²) in [6.45, 7) is 0.618. The average Bonchev–Trinajstić information content (AvgIpc) is 2.91. The van der Waals surface area contributed by atoms with Gasteiger partial charge in [0, 0.05) is 28.8 Å². The maximum Gasteiger partial charge on any atom is 0.319 e. The molecule has 0 atom stereocenters. The zero-order chi connectivity index (χ0) is 15.4. The molecule has 0 saturated heterocycles. The number of anilines is 1. The SMILES string of the molecule is NCCc1c[nH]c2ccc(NC(=O)NC3CCCCC3)cc12. The summed E-state index contributed by atoms with van der Waals surface area (Å²) >= 11 is 0. The number of carbonyl (C=O) groups is 1. The summed E-state index contributed by atoms with van der Waals surface area (Å²) in [6, 6.07) is 6.13. The van der Waals surface area contributed by atoms with Crippen molar-refractivity contribution < 1.29 is 4.79 Å². The molecule has 0 radical (unpaired) electrons. The van der Waals surface area contributed by atoms with Gasteiger partial charge in [-0.3, -0.25) is 0 Å². The number of amides is 2. The number of urea groups is 1. The van der Waals surface area contributed by atoms with Crippen LogP contribution in [-0.2, 0) is 6.42 Å². The van der Waals surface area contributed by atoms with Crippen LogP contribution in [0.5, 0.6) is 0 Å². The molecule has 22 heavy (non-hydrogen) atoms. The van der Waals surface area contributed by atoms with Crippen molar-refractivity contribution in [1.82, 2.24) is 10.3 Å². The van der Waals surface area contributed by atoms with Crippen molar-refractivity contribution in [2.75, 3.05) is 11.9 Å². The van der Waals surface area contributed by atoms with Gasteiger partial charge in [0.25, 0.3) is 0 Å². The van der Waals surface area contributed by atoms with Crippen LogP contribution in [0.25, 0.3) is 10.9 Å². The predicted octanol–water partition coefficient (Wildman–Crippen LogP) is 3.12. The molecular formula is C17H24N4O. The van der Waals surface area contributed by atoms with Crippen molar-refractivity contribution >= 4 is 22.6 Å². The molecule has 1 heterocycles. The highest BCUT2D eigenvalue weighted by Gasteiger charge is 2.15. The Kier molecular flexibility index (Phi) is 4.63. The van der Waals surface area contributed by atoms with Crippen LogP contribution in [0.2, 0.25) is 0 Å². The number of carbonyl (C=O) groups excluding carboxylic acids is 1. The molecule has 0 aliphatic heterocycles. The molecule has 0 spiro atoms. The van der Waals surface area contributed by atoms with Gasteiger partial charge in [-0.05, 0) is 49.6 Å². The Labute approximate surface area is 130 Å². The highest BCUT2D eigenvalue weighted by molar-refractivity contribution is 5.93. The number of aromatic nitrogens is 1. The van der Waals surface area contributed by atoms with Crippen LogP contribution in [-0.4, -0.2) is 23.6 Å². The molecule has 5 nitrogen and oxygen atoms in total. The Morgan fingerprint density at radius 2 is 2.09 bits per heavy atom. The molecule has 5 heteroatoms. The minimum Gasteiger partial charge on any atom is -0.361 e. The number of nitrogens with one attached hydrogen (secondary N) is 3. The van der Waals surface area contributed by atoms with Gasteiger partial charge in [0.05, 0.1) is 0 Å². The number of benzene rings is 1. The molecule has 1 saturated carbocycles. The van der Waals surface area contributed by atoms with Gasteiger partial charge in [-0.2, -0.15) is 0 Å². The summed E-state index contributed by atoms with van der Waals surface area (Å²) < 4.78 is 0. The smallest absolute Gasteiger partial charge is 0.319 e. The molecular weight excluding hydrogens is 276 g/mol. The number of hydrogen-bond donors (Lipinski definition) is 4. The summed E-state index contributed by atoms with van der Waals surface area (Å²) in [5.41, 5.74) is 8.72. The number of hydrogen-bond acceptors (Lipinski definition) is 2. The molecule has 1 aromatic heterocycles. The monoisotopic (exact) mass is 300 g/mol. The van der Waals surface area contributed by atoms with Gasteiger partial charge >= 0.3 is 6.03 Å². The Balaban J connectivity index is 1.67. The lowest BCUT2D eigenvalue weighted by molar-refractivity contribution is 0.244. The van der Waals surface area contributed by atoms with E-state index in [1.807, 2.05) is 24.4 Å². The van der Waals surface area contributed by atoms with E-state index in [0.717, 1.165) is 35.9 Å². The van der Waals surface area contributed by atoms with Crippen LogP contribution >= 0.6 is 0 Å². The predicted molar refractivity (Wildman–Crippen MR) is 90.1 cm³/mol. The third-order valence-electron chi connectivity index (χ3n) is 4.38. The fourth-order valence-corrected chi connectivity index (χ4v) is 3.22. The van der Waals surface area contributed by atoms with Gasteiger partial charge in [-0.15, -0.1) is 0 Å². The van der Waals surface area contributed by atoms with E-state index in [4.69, 9.17) is 5.73 Å². The lowest BCUT2D eigenvalue weighted by Crippen LogP contribution is -2.38. The highest BCUT2D eigenvalue weighted by Crippen LogP contribution is 2.23. The number of aromatic amines is 1. The van der Waals surface area contributed by atoms with Crippen molar-refractivity contribution in [2.24, 2.45) is 5.73 Å². The second-order valence-corrected chi connectivity index (χ2v) is 6.05. The first-order valence-corrected chi connectivity index (χ1v) is 8.14. The molecule has 1 aliphatic carbocycles. The first-order valence-electron chi connectivity index (χ1n) is 8.14. The van der Waals surface area contributed by atoms with Crippen molar-refractivity contribution in [1.29, 1.82) is 0 Å². The van der Waals surface area contributed by atoms with Gasteiger partial charge < -0.3 is 21.4 Å². The molecule has 3 rings (SSSR count). The lowest BCUT2D eigenvalue weighted by atomic mass is 9.96. The Bertz CT molecular complexity index is 643. The molecule has 1 aliphatic rings. The van der Waals surface area contributed by atoms with Crippen LogP contribution in [0.15, 0.2) is 24.4 Å². The van der Waals surface area contributed by atoms with Crippen LogP contribution in [0, 0.1) is 0 Å². The van der Waals surface area contributed by atoms with Gasteiger partial charge in [0.15, 0.2) is 0 Å². The first-order chi connectivity index (χ1) is 10.8. The molecule has 1 aromatic carbocycles. The van der Waals surface area contributed by atoms with Crippen LogP contribution < -0.4 is 16.4 Å². The van der Waals surface area contributed by atoms with E-state index in [0.29, 0.717) is 12.6 Å². The van der Waals surface area contributed by atoms with Crippen molar-refractivity contribution in [2.45, 2.75) is 44.6 Å². The minimum absolute atomic E-state index is 0.109. The second kappa shape index (κ2) is 6.83. The van der Waals surface area contributed by atoms with Gasteiger partial charge in [-0.1, -0.05) is 19.3 Å². The summed E-state index contributed by atoms with van der Waals surface area (Å²) in [7, 11) is 0.